The maximum Gasteiger partial charge on any atom is 0.161 e. The molecule has 1 fully saturated rings. The second kappa shape index (κ2) is 11.6. The van der Waals surface area contributed by atoms with Crippen LogP contribution in [0.3, 0.4) is 0 Å². The fourth-order valence-electron chi connectivity index (χ4n) is 5.97. The van der Waals surface area contributed by atoms with E-state index in [0.717, 1.165) is 39.1 Å². The van der Waals surface area contributed by atoms with E-state index in [9.17, 15) is 0 Å². The lowest BCUT2D eigenvalue weighted by Crippen LogP contribution is -2.86. The van der Waals surface area contributed by atoms with Gasteiger partial charge in [0.15, 0.2) is 5.72 Å². The van der Waals surface area contributed by atoms with Gasteiger partial charge >= 0.3 is 0 Å². The van der Waals surface area contributed by atoms with Crippen molar-refractivity contribution in [1.82, 2.24) is 16.0 Å². The quantitative estimate of drug-likeness (QED) is 0.229. The summed E-state index contributed by atoms with van der Waals surface area (Å²) in [5.41, 5.74) is 4.92. The second-order valence-corrected chi connectivity index (χ2v) is 10.9. The number of allylic oxidation sites excluding steroid dienone is 2. The van der Waals surface area contributed by atoms with E-state index >= 15 is 0 Å². The summed E-state index contributed by atoms with van der Waals surface area (Å²) in [7, 11) is 0. The van der Waals surface area contributed by atoms with E-state index in [0.29, 0.717) is 0 Å². The van der Waals surface area contributed by atoms with Crippen LogP contribution in [0.1, 0.15) is 107 Å². The van der Waals surface area contributed by atoms with Crippen molar-refractivity contribution in [2.75, 3.05) is 26.2 Å². The Morgan fingerprint density at radius 2 is 1.19 bits per heavy atom. The predicted molar refractivity (Wildman–Crippen MR) is 139 cm³/mol. The molecular formula is C28H53N3O. The molecule has 32 heavy (non-hydrogen) atoms. The Labute approximate surface area is 199 Å². The maximum absolute atomic E-state index is 7.04. The van der Waals surface area contributed by atoms with Crippen LogP contribution in [0.15, 0.2) is 22.3 Å². The highest BCUT2D eigenvalue weighted by atomic mass is 16.5. The van der Waals surface area contributed by atoms with Crippen molar-refractivity contribution in [3.05, 3.63) is 22.3 Å². The van der Waals surface area contributed by atoms with Gasteiger partial charge in [-0.2, -0.15) is 0 Å². The summed E-state index contributed by atoms with van der Waals surface area (Å²) >= 11 is 0. The summed E-state index contributed by atoms with van der Waals surface area (Å²) in [6.07, 6.45) is 8.10. The number of hydrogen-bond acceptors (Lipinski definition) is 4. The molecule has 4 heteroatoms. The third kappa shape index (κ3) is 4.89. The van der Waals surface area contributed by atoms with Crippen LogP contribution in [0.2, 0.25) is 0 Å². The van der Waals surface area contributed by atoms with Gasteiger partial charge in [-0.05, 0) is 84.2 Å². The van der Waals surface area contributed by atoms with Crippen molar-refractivity contribution in [2.24, 2.45) is 11.3 Å². The van der Waals surface area contributed by atoms with Gasteiger partial charge in [-0.1, -0.05) is 65.0 Å². The molecule has 0 amide bonds. The predicted octanol–water partition coefficient (Wildman–Crippen LogP) is 6.30. The average Bonchev–Trinajstić information content (AvgIpc) is 2.94. The van der Waals surface area contributed by atoms with E-state index < -0.39 is 5.72 Å². The first kappa shape index (κ1) is 27.6. The fraction of sp³-hybridized carbons (Fsp3) is 0.857. The summed E-state index contributed by atoms with van der Waals surface area (Å²) in [6, 6.07) is 0. The molecule has 2 aliphatic rings. The Morgan fingerprint density at radius 1 is 0.750 bits per heavy atom. The van der Waals surface area contributed by atoms with Gasteiger partial charge in [0.2, 0.25) is 0 Å². The molecule has 0 saturated carbocycles. The molecule has 186 valence electrons. The van der Waals surface area contributed by atoms with Crippen LogP contribution in [0.5, 0.6) is 0 Å². The topological polar surface area (TPSA) is 45.3 Å². The van der Waals surface area contributed by atoms with E-state index in [2.05, 4.69) is 78.3 Å². The Bertz CT molecular complexity index is 644. The zero-order chi connectivity index (χ0) is 24.0. The van der Waals surface area contributed by atoms with Crippen molar-refractivity contribution < 1.29 is 4.74 Å². The molecule has 0 aromatic heterocycles. The van der Waals surface area contributed by atoms with E-state index in [1.54, 1.807) is 0 Å². The first-order valence-corrected chi connectivity index (χ1v) is 13.4. The molecule has 1 unspecified atom stereocenters. The van der Waals surface area contributed by atoms with Crippen molar-refractivity contribution in [1.29, 1.82) is 0 Å². The van der Waals surface area contributed by atoms with Crippen LogP contribution in [0, 0.1) is 11.3 Å². The van der Waals surface area contributed by atoms with Crippen LogP contribution in [0.25, 0.3) is 0 Å². The SMILES string of the molecule is CCCCNC1(C2C(C)=C(C)C(C)=C2C)OCCC(C)(C)C1(NCCCC)NCCCC. The molecule has 1 aliphatic heterocycles. The Balaban J connectivity index is 2.71. The third-order valence-corrected chi connectivity index (χ3v) is 8.41. The van der Waals surface area contributed by atoms with Crippen LogP contribution in [0.4, 0.5) is 0 Å². The first-order valence-electron chi connectivity index (χ1n) is 13.4. The molecule has 4 nitrogen and oxygen atoms in total. The molecule has 1 saturated heterocycles. The maximum atomic E-state index is 7.04. The van der Waals surface area contributed by atoms with Gasteiger partial charge in [-0.3, -0.25) is 16.0 Å². The Morgan fingerprint density at radius 3 is 1.62 bits per heavy atom. The molecule has 1 aliphatic carbocycles. The Kier molecular flexibility index (Phi) is 10.0. The highest BCUT2D eigenvalue weighted by Gasteiger charge is 2.66. The molecule has 2 rings (SSSR count). The van der Waals surface area contributed by atoms with Crippen LogP contribution in [-0.2, 0) is 4.74 Å². The van der Waals surface area contributed by atoms with Crippen LogP contribution < -0.4 is 16.0 Å². The molecular weight excluding hydrogens is 394 g/mol. The highest BCUT2D eigenvalue weighted by molar-refractivity contribution is 5.49. The molecule has 0 radical (unpaired) electrons. The molecule has 0 aromatic rings. The fourth-order valence-corrected chi connectivity index (χ4v) is 5.97. The molecule has 3 N–H and O–H groups in total. The van der Waals surface area contributed by atoms with Gasteiger partial charge in [-0.25, -0.2) is 0 Å². The van der Waals surface area contributed by atoms with Crippen molar-refractivity contribution >= 4 is 0 Å². The van der Waals surface area contributed by atoms with Gasteiger partial charge in [0.05, 0.1) is 0 Å². The van der Waals surface area contributed by atoms with Gasteiger partial charge in [-0.15, -0.1) is 0 Å². The molecule has 0 aromatic carbocycles. The van der Waals surface area contributed by atoms with E-state index in [4.69, 9.17) is 4.74 Å². The van der Waals surface area contributed by atoms with E-state index in [-0.39, 0.29) is 17.0 Å². The lowest BCUT2D eigenvalue weighted by molar-refractivity contribution is -0.237. The normalized spacial score (nSPS) is 25.8. The number of ether oxygens (including phenoxy) is 1. The molecule has 0 bridgehead atoms. The minimum atomic E-state index is -0.529. The number of rotatable bonds is 13. The zero-order valence-corrected chi connectivity index (χ0v) is 22.8. The second-order valence-electron chi connectivity index (χ2n) is 10.9. The highest BCUT2D eigenvalue weighted by Crippen LogP contribution is 2.54. The van der Waals surface area contributed by atoms with Gasteiger partial charge in [0.25, 0.3) is 0 Å². The summed E-state index contributed by atoms with van der Waals surface area (Å²) < 4.78 is 7.04. The van der Waals surface area contributed by atoms with Gasteiger partial charge in [0, 0.05) is 17.9 Å². The van der Waals surface area contributed by atoms with Gasteiger partial charge in [0.1, 0.15) is 5.66 Å². The molecule has 1 atom stereocenters. The standard InChI is InChI=1S/C28H53N3O/c1-10-13-17-29-27(25-23(6)21(4)22(5)24(25)7)28(30-18-14-11-2,31-19-15-12-3)26(8,9)16-20-32-27/h25,29-31H,10-20H2,1-9H3. The smallest absolute Gasteiger partial charge is 0.161 e. The van der Waals surface area contributed by atoms with Crippen molar-refractivity contribution in [3.8, 4) is 0 Å². The van der Waals surface area contributed by atoms with Crippen molar-refractivity contribution in [2.45, 2.75) is 119 Å². The minimum absolute atomic E-state index is 0.0247. The largest absolute Gasteiger partial charge is 0.356 e. The van der Waals surface area contributed by atoms with Gasteiger partial charge < -0.3 is 4.74 Å². The first-order chi connectivity index (χ1) is 15.2. The third-order valence-electron chi connectivity index (χ3n) is 8.41. The van der Waals surface area contributed by atoms with Crippen molar-refractivity contribution in [3.63, 3.8) is 0 Å². The summed E-state index contributed by atoms with van der Waals surface area (Å²) in [4.78, 5) is 0. The number of hydrogen-bond donors (Lipinski definition) is 3. The monoisotopic (exact) mass is 447 g/mol. The van der Waals surface area contributed by atoms with E-state index in [1.165, 1.54) is 54.4 Å². The molecule has 1 heterocycles. The lowest BCUT2D eigenvalue weighted by Gasteiger charge is -2.64. The number of nitrogens with one attached hydrogen (secondary N) is 3. The number of unbranched alkanes of at least 4 members (excludes halogenated alkanes) is 3. The Hall–Kier alpha value is -0.680. The summed E-state index contributed by atoms with van der Waals surface area (Å²) in [5.74, 6) is 0.224. The van der Waals surface area contributed by atoms with E-state index in [1.807, 2.05) is 0 Å². The summed E-state index contributed by atoms with van der Waals surface area (Å²) in [6.45, 7) is 24.7. The zero-order valence-electron chi connectivity index (χ0n) is 22.8. The summed E-state index contributed by atoms with van der Waals surface area (Å²) in [5, 5.41) is 12.3. The average molecular weight is 448 g/mol. The van der Waals surface area contributed by atoms with Crippen LogP contribution >= 0.6 is 0 Å². The van der Waals surface area contributed by atoms with Crippen LogP contribution in [-0.4, -0.2) is 37.6 Å². The molecule has 0 spiro atoms. The lowest BCUT2D eigenvalue weighted by atomic mass is 9.62. The minimum Gasteiger partial charge on any atom is -0.356 e.